The Morgan fingerprint density at radius 1 is 1.29 bits per heavy atom. The Hall–Kier alpha value is -2.21. The van der Waals surface area contributed by atoms with E-state index >= 15 is 0 Å². The number of hydrazine groups is 1. The van der Waals surface area contributed by atoms with Crippen molar-refractivity contribution in [2.75, 3.05) is 0 Å². The fraction of sp³-hybridized carbons (Fsp3) is 0.333. The van der Waals surface area contributed by atoms with Gasteiger partial charge in [0.05, 0.1) is 11.3 Å². The Labute approximate surface area is 144 Å². The van der Waals surface area contributed by atoms with Crippen LogP contribution in [-0.2, 0) is 24.1 Å². The average molecular weight is 346 g/mol. The SMILES string of the molecule is C[C@H]1CCc2sc(C(=O)NNC(=O)Cc3cccc(F)c3)cc2C1. The number of benzene rings is 1. The third kappa shape index (κ3) is 4.00. The van der Waals surface area contributed by atoms with Gasteiger partial charge in [-0.05, 0) is 54.5 Å². The number of carbonyl (C=O) groups is 2. The third-order valence-corrected chi connectivity index (χ3v) is 5.36. The molecule has 1 atom stereocenters. The normalized spacial score (nSPS) is 16.3. The molecule has 0 bridgehead atoms. The van der Waals surface area contributed by atoms with Gasteiger partial charge in [-0.3, -0.25) is 20.4 Å². The van der Waals surface area contributed by atoms with Gasteiger partial charge >= 0.3 is 0 Å². The number of carbonyl (C=O) groups excluding carboxylic acids is 2. The molecule has 0 fully saturated rings. The summed E-state index contributed by atoms with van der Waals surface area (Å²) in [5.41, 5.74) is 6.62. The summed E-state index contributed by atoms with van der Waals surface area (Å²) < 4.78 is 13.1. The van der Waals surface area contributed by atoms with E-state index in [1.165, 1.54) is 33.9 Å². The van der Waals surface area contributed by atoms with Crippen LogP contribution < -0.4 is 10.9 Å². The number of hydrogen-bond donors (Lipinski definition) is 2. The van der Waals surface area contributed by atoms with Gasteiger partial charge in [0, 0.05) is 4.88 Å². The highest BCUT2D eigenvalue weighted by atomic mass is 32.1. The molecule has 24 heavy (non-hydrogen) atoms. The van der Waals surface area contributed by atoms with Crippen molar-refractivity contribution in [3.63, 3.8) is 0 Å². The van der Waals surface area contributed by atoms with Gasteiger partial charge in [0.1, 0.15) is 5.82 Å². The van der Waals surface area contributed by atoms with Crippen molar-refractivity contribution in [2.45, 2.75) is 32.6 Å². The number of amides is 2. The van der Waals surface area contributed by atoms with E-state index in [9.17, 15) is 14.0 Å². The first-order valence-electron chi connectivity index (χ1n) is 7.96. The standard InChI is InChI=1S/C18H19FN2O2S/c1-11-5-6-15-13(7-11)10-16(24-15)18(23)21-20-17(22)9-12-3-2-4-14(19)8-12/h2-4,8,10-11H,5-7,9H2,1H3,(H,20,22)(H,21,23)/t11-/m0/s1. The van der Waals surface area contributed by atoms with Crippen LogP contribution in [0.15, 0.2) is 30.3 Å². The first-order valence-corrected chi connectivity index (χ1v) is 8.78. The maximum Gasteiger partial charge on any atom is 0.279 e. The van der Waals surface area contributed by atoms with Crippen LogP contribution in [0, 0.1) is 11.7 Å². The van der Waals surface area contributed by atoms with Crippen LogP contribution in [0.4, 0.5) is 4.39 Å². The van der Waals surface area contributed by atoms with Crippen LogP contribution in [0.25, 0.3) is 0 Å². The molecule has 0 unspecified atom stereocenters. The van der Waals surface area contributed by atoms with E-state index in [0.717, 1.165) is 19.3 Å². The number of thiophene rings is 1. The lowest BCUT2D eigenvalue weighted by atomic mass is 9.90. The molecule has 126 valence electrons. The summed E-state index contributed by atoms with van der Waals surface area (Å²) in [5, 5.41) is 0. The van der Waals surface area contributed by atoms with Crippen LogP contribution in [0.2, 0.25) is 0 Å². The van der Waals surface area contributed by atoms with Gasteiger partial charge in [-0.2, -0.15) is 0 Å². The molecule has 1 aliphatic carbocycles. The van der Waals surface area contributed by atoms with Gasteiger partial charge in [-0.25, -0.2) is 4.39 Å². The summed E-state index contributed by atoms with van der Waals surface area (Å²) in [6.45, 7) is 2.22. The molecule has 1 aliphatic rings. The zero-order valence-corrected chi connectivity index (χ0v) is 14.2. The molecule has 2 aromatic rings. The van der Waals surface area contributed by atoms with Gasteiger partial charge in [0.15, 0.2) is 0 Å². The van der Waals surface area contributed by atoms with E-state index in [1.54, 1.807) is 12.1 Å². The van der Waals surface area contributed by atoms with Crippen molar-refractivity contribution in [3.05, 3.63) is 57.0 Å². The first kappa shape index (κ1) is 16.6. The van der Waals surface area contributed by atoms with E-state index in [4.69, 9.17) is 0 Å². The molecular weight excluding hydrogens is 327 g/mol. The van der Waals surface area contributed by atoms with E-state index in [-0.39, 0.29) is 24.1 Å². The number of halogens is 1. The Balaban J connectivity index is 1.55. The summed E-state index contributed by atoms with van der Waals surface area (Å²) in [5.74, 6) is -0.435. The minimum atomic E-state index is -0.386. The zero-order valence-electron chi connectivity index (χ0n) is 13.4. The Bertz CT molecular complexity index is 772. The molecule has 3 rings (SSSR count). The van der Waals surface area contributed by atoms with E-state index < -0.39 is 0 Å². The smallest absolute Gasteiger partial charge is 0.273 e. The second-order valence-electron chi connectivity index (χ2n) is 6.22. The highest BCUT2D eigenvalue weighted by Crippen LogP contribution is 2.32. The molecule has 0 radical (unpaired) electrons. The molecule has 1 aromatic heterocycles. The molecule has 6 heteroatoms. The van der Waals surface area contributed by atoms with Crippen LogP contribution >= 0.6 is 11.3 Å². The van der Waals surface area contributed by atoms with Gasteiger partial charge in [0.2, 0.25) is 5.91 Å². The maximum absolute atomic E-state index is 13.1. The fourth-order valence-corrected chi connectivity index (χ4v) is 3.99. The lowest BCUT2D eigenvalue weighted by molar-refractivity contribution is -0.121. The summed E-state index contributed by atoms with van der Waals surface area (Å²) >= 11 is 1.49. The van der Waals surface area contributed by atoms with Crippen molar-refractivity contribution in [1.29, 1.82) is 0 Å². The molecule has 0 spiro atoms. The summed E-state index contributed by atoms with van der Waals surface area (Å²) in [4.78, 5) is 25.9. The van der Waals surface area contributed by atoms with Crippen molar-refractivity contribution >= 4 is 23.2 Å². The van der Waals surface area contributed by atoms with E-state index in [1.807, 2.05) is 6.07 Å². The van der Waals surface area contributed by atoms with Crippen LogP contribution in [0.3, 0.4) is 0 Å². The second kappa shape index (κ2) is 7.13. The number of fused-ring (bicyclic) bond motifs is 1. The largest absolute Gasteiger partial charge is 0.279 e. The summed E-state index contributed by atoms with van der Waals surface area (Å²) in [6.07, 6.45) is 3.18. The van der Waals surface area contributed by atoms with Crippen LogP contribution in [0.5, 0.6) is 0 Å². The Kier molecular flexibility index (Phi) is 4.94. The van der Waals surface area contributed by atoms with Gasteiger partial charge < -0.3 is 0 Å². The minimum Gasteiger partial charge on any atom is -0.273 e. The second-order valence-corrected chi connectivity index (χ2v) is 7.35. The highest BCUT2D eigenvalue weighted by molar-refractivity contribution is 7.14. The predicted molar refractivity (Wildman–Crippen MR) is 91.2 cm³/mol. The minimum absolute atomic E-state index is 0.0104. The highest BCUT2D eigenvalue weighted by Gasteiger charge is 2.20. The molecule has 0 aliphatic heterocycles. The zero-order chi connectivity index (χ0) is 17.1. The molecule has 0 saturated carbocycles. The Morgan fingerprint density at radius 3 is 2.92 bits per heavy atom. The number of aryl methyl sites for hydroxylation is 1. The lowest BCUT2D eigenvalue weighted by Crippen LogP contribution is -2.42. The van der Waals surface area contributed by atoms with Gasteiger partial charge in [-0.15, -0.1) is 11.3 Å². The maximum atomic E-state index is 13.1. The monoisotopic (exact) mass is 346 g/mol. The average Bonchev–Trinajstić information content (AvgIpc) is 2.95. The molecule has 2 amide bonds. The predicted octanol–water partition coefficient (Wildman–Crippen LogP) is 3.02. The molecule has 2 N–H and O–H groups in total. The fourth-order valence-electron chi connectivity index (χ4n) is 2.88. The quantitative estimate of drug-likeness (QED) is 0.840. The topological polar surface area (TPSA) is 58.2 Å². The lowest BCUT2D eigenvalue weighted by Gasteiger charge is -2.16. The van der Waals surface area contributed by atoms with Crippen molar-refractivity contribution in [1.82, 2.24) is 10.9 Å². The van der Waals surface area contributed by atoms with Crippen LogP contribution in [0.1, 0.15) is 39.0 Å². The van der Waals surface area contributed by atoms with Crippen molar-refractivity contribution in [3.8, 4) is 0 Å². The van der Waals surface area contributed by atoms with Gasteiger partial charge in [0.25, 0.3) is 5.91 Å². The molecule has 4 nitrogen and oxygen atoms in total. The van der Waals surface area contributed by atoms with E-state index in [0.29, 0.717) is 16.4 Å². The molecule has 1 aromatic carbocycles. The van der Waals surface area contributed by atoms with Crippen molar-refractivity contribution in [2.24, 2.45) is 5.92 Å². The number of rotatable bonds is 3. The third-order valence-electron chi connectivity index (χ3n) is 4.12. The number of nitrogens with one attached hydrogen (secondary N) is 2. The van der Waals surface area contributed by atoms with E-state index in [2.05, 4.69) is 17.8 Å². The first-order chi connectivity index (χ1) is 11.5. The van der Waals surface area contributed by atoms with Crippen molar-refractivity contribution < 1.29 is 14.0 Å². The van der Waals surface area contributed by atoms with Crippen LogP contribution in [-0.4, -0.2) is 11.8 Å². The summed E-state index contributed by atoms with van der Waals surface area (Å²) in [7, 11) is 0. The molecule has 0 saturated heterocycles. The molecular formula is C18H19FN2O2S. The van der Waals surface area contributed by atoms with Gasteiger partial charge in [-0.1, -0.05) is 19.1 Å². The molecule has 1 heterocycles. The summed E-state index contributed by atoms with van der Waals surface area (Å²) in [6, 6.07) is 7.76. The number of hydrogen-bond acceptors (Lipinski definition) is 3. The Morgan fingerprint density at radius 2 is 2.12 bits per heavy atom.